The SMILES string of the molecule is O=C1O[C@@H]2[C@H](O1)[C@H]1O[C@@H]2c2cc3ccc4cccc5ccc(c21)c3c45. The molecule has 2 saturated heterocycles. The molecule has 0 amide bonds. The van der Waals surface area contributed by atoms with Gasteiger partial charge in [0, 0.05) is 0 Å². The lowest BCUT2D eigenvalue weighted by Crippen LogP contribution is -2.28. The number of hydrogen-bond donors (Lipinski definition) is 0. The molecular formula is C21H12O4. The molecule has 4 aromatic carbocycles. The van der Waals surface area contributed by atoms with Crippen LogP contribution in [0.4, 0.5) is 4.79 Å². The molecule has 3 heterocycles. The Balaban J connectivity index is 1.64. The summed E-state index contributed by atoms with van der Waals surface area (Å²) in [6.07, 6.45) is -1.69. The molecule has 4 heteroatoms. The summed E-state index contributed by atoms with van der Waals surface area (Å²) in [6.45, 7) is 0. The number of fused-ring (bicyclic) bond motifs is 9. The lowest BCUT2D eigenvalue weighted by atomic mass is 9.81. The number of rotatable bonds is 0. The van der Waals surface area contributed by atoms with E-state index in [4.69, 9.17) is 14.2 Å². The van der Waals surface area contributed by atoms with Crippen LogP contribution in [0.3, 0.4) is 0 Å². The number of hydrogen-bond acceptors (Lipinski definition) is 4. The van der Waals surface area contributed by atoms with Gasteiger partial charge >= 0.3 is 6.16 Å². The zero-order valence-electron chi connectivity index (χ0n) is 13.1. The lowest BCUT2D eigenvalue weighted by Gasteiger charge is -2.23. The zero-order valence-corrected chi connectivity index (χ0v) is 13.1. The molecule has 2 fully saturated rings. The Hall–Kier alpha value is -2.85. The van der Waals surface area contributed by atoms with Crippen LogP contribution in [0.1, 0.15) is 23.3 Å². The average molecular weight is 328 g/mol. The van der Waals surface area contributed by atoms with Crippen molar-refractivity contribution in [3.63, 3.8) is 0 Å². The first-order valence-electron chi connectivity index (χ1n) is 8.53. The highest BCUT2D eigenvalue weighted by Gasteiger charge is 2.60. The standard InChI is InChI=1S/C21H12O4/c22-21-24-19-17-13-8-11-5-4-9-2-1-3-10-6-7-12(15(11)14(9)10)16(13)18(23-17)20(19)25-21/h1-8,17-20H/t17-,18+,19+,20-/m1/s1. The first-order chi connectivity index (χ1) is 12.3. The summed E-state index contributed by atoms with van der Waals surface area (Å²) >= 11 is 0. The van der Waals surface area contributed by atoms with Crippen LogP contribution in [0.2, 0.25) is 0 Å². The molecule has 0 aliphatic carbocycles. The van der Waals surface area contributed by atoms with Crippen LogP contribution in [0.15, 0.2) is 48.5 Å². The largest absolute Gasteiger partial charge is 0.509 e. The topological polar surface area (TPSA) is 44.8 Å². The molecule has 120 valence electrons. The molecule has 4 nitrogen and oxygen atoms in total. The van der Waals surface area contributed by atoms with Crippen molar-refractivity contribution in [2.24, 2.45) is 0 Å². The highest BCUT2D eigenvalue weighted by Crippen LogP contribution is 2.58. The molecule has 4 aromatic rings. The third-order valence-electron chi connectivity index (χ3n) is 5.99. The molecule has 2 bridgehead atoms. The Morgan fingerprint density at radius 3 is 2.32 bits per heavy atom. The minimum absolute atomic E-state index is 0.224. The van der Waals surface area contributed by atoms with Gasteiger partial charge in [-0.25, -0.2) is 4.79 Å². The highest BCUT2D eigenvalue weighted by molar-refractivity contribution is 6.24. The van der Waals surface area contributed by atoms with Crippen LogP contribution < -0.4 is 0 Å². The van der Waals surface area contributed by atoms with Crippen molar-refractivity contribution in [2.75, 3.05) is 0 Å². The summed E-state index contributed by atoms with van der Waals surface area (Å²) in [6, 6.07) is 17.3. The van der Waals surface area contributed by atoms with Crippen molar-refractivity contribution in [3.05, 3.63) is 59.7 Å². The predicted octanol–water partition coefficient (Wildman–Crippen LogP) is 4.61. The van der Waals surface area contributed by atoms with E-state index in [1.54, 1.807) is 0 Å². The second kappa shape index (κ2) is 3.86. The summed E-state index contributed by atoms with van der Waals surface area (Å²) < 4.78 is 16.9. The maximum Gasteiger partial charge on any atom is 0.509 e. The summed E-state index contributed by atoms with van der Waals surface area (Å²) in [5.74, 6) is 0. The molecule has 7 rings (SSSR count). The van der Waals surface area contributed by atoms with Crippen LogP contribution in [0, 0.1) is 0 Å². The minimum Gasteiger partial charge on any atom is -0.424 e. The second-order valence-electron chi connectivity index (χ2n) is 7.13. The lowest BCUT2D eigenvalue weighted by molar-refractivity contribution is -0.00554. The fourth-order valence-corrected chi connectivity index (χ4v) is 5.06. The van der Waals surface area contributed by atoms with Crippen LogP contribution in [-0.2, 0) is 14.2 Å². The van der Waals surface area contributed by atoms with Gasteiger partial charge in [-0.05, 0) is 49.5 Å². The maximum atomic E-state index is 11.6. The van der Waals surface area contributed by atoms with Crippen molar-refractivity contribution >= 4 is 38.5 Å². The number of ether oxygens (including phenoxy) is 3. The van der Waals surface area contributed by atoms with E-state index in [-0.39, 0.29) is 24.4 Å². The van der Waals surface area contributed by atoms with Gasteiger partial charge in [0.15, 0.2) is 12.2 Å². The van der Waals surface area contributed by atoms with Crippen LogP contribution in [0.5, 0.6) is 0 Å². The summed E-state index contributed by atoms with van der Waals surface area (Å²) in [5, 5.41) is 7.45. The van der Waals surface area contributed by atoms with Crippen molar-refractivity contribution in [1.82, 2.24) is 0 Å². The Kier molecular flexibility index (Phi) is 1.93. The van der Waals surface area contributed by atoms with Gasteiger partial charge in [0.25, 0.3) is 0 Å². The second-order valence-corrected chi connectivity index (χ2v) is 7.13. The highest BCUT2D eigenvalue weighted by atomic mass is 16.8. The first kappa shape index (κ1) is 12.5. The Morgan fingerprint density at radius 1 is 0.760 bits per heavy atom. The molecular weight excluding hydrogens is 316 g/mol. The fraction of sp³-hybridized carbons (Fsp3) is 0.190. The summed E-state index contributed by atoms with van der Waals surface area (Å²) in [4.78, 5) is 11.6. The molecule has 0 saturated carbocycles. The van der Waals surface area contributed by atoms with Gasteiger partial charge in [-0.1, -0.05) is 42.5 Å². The molecule has 0 aromatic heterocycles. The van der Waals surface area contributed by atoms with E-state index in [1.807, 2.05) is 0 Å². The smallest absolute Gasteiger partial charge is 0.424 e. The number of benzene rings is 4. The van der Waals surface area contributed by atoms with Crippen molar-refractivity contribution in [2.45, 2.75) is 24.4 Å². The summed E-state index contributed by atoms with van der Waals surface area (Å²) in [5.41, 5.74) is 2.30. The van der Waals surface area contributed by atoms with Crippen LogP contribution in [0.25, 0.3) is 32.3 Å². The number of carbonyl (C=O) groups is 1. The summed E-state index contributed by atoms with van der Waals surface area (Å²) in [7, 11) is 0. The molecule has 0 spiro atoms. The van der Waals surface area contributed by atoms with Gasteiger partial charge in [-0.15, -0.1) is 0 Å². The molecule has 3 aliphatic heterocycles. The van der Waals surface area contributed by atoms with Gasteiger partial charge in [0.05, 0.1) is 0 Å². The van der Waals surface area contributed by atoms with E-state index in [2.05, 4.69) is 48.5 Å². The minimum atomic E-state index is -0.581. The Morgan fingerprint density at radius 2 is 1.48 bits per heavy atom. The third kappa shape index (κ3) is 1.30. The Labute approximate surface area is 142 Å². The van der Waals surface area contributed by atoms with Gasteiger partial charge < -0.3 is 14.2 Å². The molecule has 4 atom stereocenters. The van der Waals surface area contributed by atoms with Gasteiger partial charge in [-0.2, -0.15) is 0 Å². The van der Waals surface area contributed by atoms with E-state index in [9.17, 15) is 4.79 Å². The van der Waals surface area contributed by atoms with Gasteiger partial charge in [-0.3, -0.25) is 0 Å². The van der Waals surface area contributed by atoms with Crippen molar-refractivity contribution in [1.29, 1.82) is 0 Å². The number of carbonyl (C=O) groups excluding carboxylic acids is 1. The van der Waals surface area contributed by atoms with Crippen molar-refractivity contribution in [3.8, 4) is 0 Å². The maximum absolute atomic E-state index is 11.6. The van der Waals surface area contributed by atoms with Gasteiger partial charge in [0.1, 0.15) is 12.2 Å². The quantitative estimate of drug-likeness (QED) is 0.349. The van der Waals surface area contributed by atoms with E-state index in [0.29, 0.717) is 0 Å². The van der Waals surface area contributed by atoms with E-state index < -0.39 is 6.16 Å². The Bertz CT molecular complexity index is 1210. The first-order valence-corrected chi connectivity index (χ1v) is 8.53. The monoisotopic (exact) mass is 328 g/mol. The van der Waals surface area contributed by atoms with E-state index in [0.717, 1.165) is 11.1 Å². The van der Waals surface area contributed by atoms with Crippen LogP contribution in [-0.4, -0.2) is 18.4 Å². The van der Waals surface area contributed by atoms with Gasteiger partial charge in [0.2, 0.25) is 0 Å². The van der Waals surface area contributed by atoms with E-state index in [1.165, 1.54) is 32.3 Å². The third-order valence-corrected chi connectivity index (χ3v) is 5.99. The van der Waals surface area contributed by atoms with E-state index >= 15 is 0 Å². The average Bonchev–Trinajstić information content (AvgIpc) is 3.28. The molecule has 0 N–H and O–H groups in total. The zero-order chi connectivity index (χ0) is 16.3. The molecule has 0 radical (unpaired) electrons. The predicted molar refractivity (Wildman–Crippen MR) is 91.9 cm³/mol. The molecule has 25 heavy (non-hydrogen) atoms. The molecule has 0 unspecified atom stereocenters. The molecule has 3 aliphatic rings. The normalized spacial score (nSPS) is 29.4. The van der Waals surface area contributed by atoms with Crippen LogP contribution >= 0.6 is 0 Å². The van der Waals surface area contributed by atoms with Crippen molar-refractivity contribution < 1.29 is 19.0 Å². The fourth-order valence-electron chi connectivity index (χ4n) is 5.06.